The lowest BCUT2D eigenvalue weighted by Gasteiger charge is -2.21. The van der Waals surface area contributed by atoms with Gasteiger partial charge in [-0.25, -0.2) is 9.97 Å². The lowest BCUT2D eigenvalue weighted by molar-refractivity contribution is 0.301. The van der Waals surface area contributed by atoms with Gasteiger partial charge in [0, 0.05) is 23.8 Å². The maximum absolute atomic E-state index is 9.12. The van der Waals surface area contributed by atoms with E-state index in [1.807, 2.05) is 22.4 Å². The molecule has 2 aromatic rings. The lowest BCUT2D eigenvalue weighted by Crippen LogP contribution is -2.29. The second kappa shape index (κ2) is 6.98. The van der Waals surface area contributed by atoms with Crippen molar-refractivity contribution in [2.24, 2.45) is 0 Å². The minimum Gasteiger partial charge on any atom is -0.395 e. The van der Waals surface area contributed by atoms with Crippen LogP contribution in [0.5, 0.6) is 0 Å². The summed E-state index contributed by atoms with van der Waals surface area (Å²) >= 11 is 5.17. The molecule has 0 saturated heterocycles. The zero-order valence-electron chi connectivity index (χ0n) is 10.7. The van der Waals surface area contributed by atoms with E-state index in [9.17, 15) is 0 Å². The molecule has 6 heteroatoms. The van der Waals surface area contributed by atoms with E-state index in [1.54, 1.807) is 17.5 Å². The summed E-state index contributed by atoms with van der Waals surface area (Å²) in [6, 6.07) is 3.92. The van der Waals surface area contributed by atoms with Crippen LogP contribution in [0.4, 0.5) is 5.95 Å². The Kier molecular flexibility index (Phi) is 5.30. The number of hydrogen-bond donors (Lipinski definition) is 1. The Balaban J connectivity index is 2.30. The molecule has 0 aliphatic heterocycles. The molecule has 0 aliphatic carbocycles. The molecule has 0 radical (unpaired) electrons. The first-order valence-corrected chi connectivity index (χ1v) is 7.85. The molecule has 2 heterocycles. The van der Waals surface area contributed by atoms with E-state index in [-0.39, 0.29) is 6.61 Å². The van der Waals surface area contributed by atoms with Crippen molar-refractivity contribution in [3.05, 3.63) is 28.2 Å². The zero-order valence-corrected chi connectivity index (χ0v) is 13.1. The fraction of sp³-hybridized carbons (Fsp3) is 0.385. The van der Waals surface area contributed by atoms with Gasteiger partial charge in [-0.1, -0.05) is 6.92 Å². The predicted octanol–water partition coefficient (Wildman–Crippen LogP) is 3.18. The van der Waals surface area contributed by atoms with Gasteiger partial charge in [-0.05, 0) is 39.9 Å². The van der Waals surface area contributed by atoms with Crippen LogP contribution in [0.1, 0.15) is 13.3 Å². The van der Waals surface area contributed by atoms with Crippen molar-refractivity contribution >= 4 is 33.2 Å². The Bertz CT molecular complexity index is 526. The van der Waals surface area contributed by atoms with Crippen molar-refractivity contribution in [3.8, 4) is 10.6 Å². The number of aliphatic hydroxyl groups excluding tert-OH is 1. The van der Waals surface area contributed by atoms with Crippen molar-refractivity contribution in [2.75, 3.05) is 24.6 Å². The van der Waals surface area contributed by atoms with Crippen molar-refractivity contribution in [1.29, 1.82) is 0 Å². The Morgan fingerprint density at radius 3 is 2.84 bits per heavy atom. The highest BCUT2D eigenvalue weighted by atomic mass is 79.9. The fourth-order valence-electron chi connectivity index (χ4n) is 1.81. The third kappa shape index (κ3) is 3.52. The van der Waals surface area contributed by atoms with Crippen LogP contribution in [-0.2, 0) is 0 Å². The molecule has 19 heavy (non-hydrogen) atoms. The maximum atomic E-state index is 9.12. The first-order chi connectivity index (χ1) is 9.26. The average Bonchev–Trinajstić information content (AvgIpc) is 2.85. The summed E-state index contributed by atoms with van der Waals surface area (Å²) in [6.07, 6.45) is 2.76. The number of rotatable bonds is 6. The van der Waals surface area contributed by atoms with Gasteiger partial charge in [-0.2, -0.15) is 0 Å². The van der Waals surface area contributed by atoms with Crippen LogP contribution in [0, 0.1) is 0 Å². The van der Waals surface area contributed by atoms with Crippen LogP contribution in [0.25, 0.3) is 10.6 Å². The quantitative estimate of drug-likeness (QED) is 0.876. The highest BCUT2D eigenvalue weighted by molar-refractivity contribution is 9.10. The summed E-state index contributed by atoms with van der Waals surface area (Å²) in [6.45, 7) is 3.61. The summed E-state index contributed by atoms with van der Waals surface area (Å²) in [5.41, 5.74) is 0.908. The molecule has 0 atom stereocenters. The summed E-state index contributed by atoms with van der Waals surface area (Å²) < 4.78 is 1.05. The normalized spacial score (nSPS) is 10.7. The summed E-state index contributed by atoms with van der Waals surface area (Å²) in [5.74, 6) is 0.675. The van der Waals surface area contributed by atoms with E-state index in [4.69, 9.17) is 5.11 Å². The molecule has 2 aromatic heterocycles. The second-order valence-corrected chi connectivity index (χ2v) is 5.82. The Morgan fingerprint density at radius 1 is 1.37 bits per heavy atom. The smallest absolute Gasteiger partial charge is 0.225 e. The molecule has 0 bridgehead atoms. The molecule has 2 rings (SSSR count). The van der Waals surface area contributed by atoms with Gasteiger partial charge < -0.3 is 10.0 Å². The molecule has 0 aromatic carbocycles. The molecule has 1 N–H and O–H groups in total. The van der Waals surface area contributed by atoms with E-state index < -0.39 is 0 Å². The number of halogens is 1. The van der Waals surface area contributed by atoms with Gasteiger partial charge in [0.05, 0.1) is 17.2 Å². The summed E-state index contributed by atoms with van der Waals surface area (Å²) in [7, 11) is 0. The molecule has 0 aliphatic rings. The average molecular weight is 342 g/mol. The first kappa shape index (κ1) is 14.4. The minimum absolute atomic E-state index is 0.107. The fourth-order valence-corrected chi connectivity index (χ4v) is 3.35. The zero-order chi connectivity index (χ0) is 13.7. The van der Waals surface area contributed by atoms with Crippen molar-refractivity contribution in [1.82, 2.24) is 9.97 Å². The van der Waals surface area contributed by atoms with Crippen LogP contribution in [0.15, 0.2) is 28.2 Å². The van der Waals surface area contributed by atoms with Crippen LogP contribution >= 0.6 is 27.3 Å². The number of hydrogen-bond acceptors (Lipinski definition) is 5. The largest absolute Gasteiger partial charge is 0.395 e. The van der Waals surface area contributed by atoms with Gasteiger partial charge in [-0.3, -0.25) is 0 Å². The van der Waals surface area contributed by atoms with Crippen LogP contribution < -0.4 is 4.90 Å². The summed E-state index contributed by atoms with van der Waals surface area (Å²) in [4.78, 5) is 12.0. The van der Waals surface area contributed by atoms with Gasteiger partial charge >= 0.3 is 0 Å². The third-order valence-electron chi connectivity index (χ3n) is 2.64. The maximum Gasteiger partial charge on any atom is 0.225 e. The van der Waals surface area contributed by atoms with Crippen LogP contribution in [0.2, 0.25) is 0 Å². The highest BCUT2D eigenvalue weighted by Crippen LogP contribution is 2.32. The SMILES string of the molecule is CCCN(CCO)c1nccc(-c2sccc2Br)n1. The molecule has 0 amide bonds. The predicted molar refractivity (Wildman–Crippen MR) is 82.6 cm³/mol. The first-order valence-electron chi connectivity index (χ1n) is 6.18. The van der Waals surface area contributed by atoms with Gasteiger partial charge in [0.15, 0.2) is 0 Å². The van der Waals surface area contributed by atoms with Crippen molar-refractivity contribution < 1.29 is 5.11 Å². The summed E-state index contributed by atoms with van der Waals surface area (Å²) in [5, 5.41) is 11.1. The molecule has 102 valence electrons. The Labute approximate surface area is 125 Å². The minimum atomic E-state index is 0.107. The standard InChI is InChI=1S/C13H16BrN3OS/c1-2-6-17(7-8-18)13-15-5-3-11(16-13)12-10(14)4-9-19-12/h3-5,9,18H,2,6-8H2,1H3. The van der Waals surface area contributed by atoms with E-state index in [0.29, 0.717) is 12.5 Å². The molecule has 0 unspecified atom stereocenters. The number of thiophene rings is 1. The second-order valence-electron chi connectivity index (χ2n) is 4.05. The van der Waals surface area contributed by atoms with Crippen molar-refractivity contribution in [2.45, 2.75) is 13.3 Å². The van der Waals surface area contributed by atoms with Crippen LogP contribution in [-0.4, -0.2) is 34.8 Å². The van der Waals surface area contributed by atoms with E-state index in [1.165, 1.54) is 0 Å². The van der Waals surface area contributed by atoms with Crippen molar-refractivity contribution in [3.63, 3.8) is 0 Å². The van der Waals surface area contributed by atoms with Gasteiger partial charge in [0.2, 0.25) is 5.95 Å². The van der Waals surface area contributed by atoms with Gasteiger partial charge in [-0.15, -0.1) is 11.3 Å². The Morgan fingerprint density at radius 2 is 2.21 bits per heavy atom. The Hall–Kier alpha value is -0.980. The van der Waals surface area contributed by atoms with E-state index in [0.717, 1.165) is 28.0 Å². The molecule has 0 saturated carbocycles. The van der Waals surface area contributed by atoms with Gasteiger partial charge in [0.25, 0.3) is 0 Å². The molecular formula is C13H16BrN3OS. The lowest BCUT2D eigenvalue weighted by atomic mass is 10.3. The highest BCUT2D eigenvalue weighted by Gasteiger charge is 2.11. The number of aliphatic hydroxyl groups is 1. The molecule has 0 fully saturated rings. The van der Waals surface area contributed by atoms with Crippen LogP contribution in [0.3, 0.4) is 0 Å². The molecule has 0 spiro atoms. The molecule has 4 nitrogen and oxygen atoms in total. The van der Waals surface area contributed by atoms with E-state index >= 15 is 0 Å². The number of nitrogens with zero attached hydrogens (tertiary/aromatic N) is 3. The topological polar surface area (TPSA) is 49.2 Å². The number of aromatic nitrogens is 2. The van der Waals surface area contributed by atoms with E-state index in [2.05, 4.69) is 32.8 Å². The monoisotopic (exact) mass is 341 g/mol. The van der Waals surface area contributed by atoms with Gasteiger partial charge in [0.1, 0.15) is 0 Å². The molecular weight excluding hydrogens is 326 g/mol. The number of anilines is 1. The third-order valence-corrected chi connectivity index (χ3v) is 4.50.